The Hall–Kier alpha value is -2.62. The zero-order valence-electron chi connectivity index (χ0n) is 13.4. The number of carbonyl (C=O) groups is 1. The van der Waals surface area contributed by atoms with Crippen molar-refractivity contribution in [2.24, 2.45) is 7.05 Å². The third-order valence-electron chi connectivity index (χ3n) is 3.35. The predicted octanol–water partition coefficient (Wildman–Crippen LogP) is 1.52. The smallest absolute Gasteiger partial charge is 0.325 e. The Kier molecular flexibility index (Phi) is 5.39. The summed E-state index contributed by atoms with van der Waals surface area (Å²) >= 11 is 1.10. The number of aromatic nitrogens is 2. The van der Waals surface area contributed by atoms with Crippen LogP contribution in [0.1, 0.15) is 18.9 Å². The van der Waals surface area contributed by atoms with Gasteiger partial charge >= 0.3 is 10.7 Å². The Labute approximate surface area is 141 Å². The number of amides is 1. The molecule has 2 N–H and O–H groups in total. The van der Waals surface area contributed by atoms with Crippen molar-refractivity contribution < 1.29 is 18.9 Å². The number of nitro groups is 1. The number of aromatic amines is 1. The molecule has 0 aliphatic rings. The van der Waals surface area contributed by atoms with Gasteiger partial charge in [0.15, 0.2) is 7.05 Å². The summed E-state index contributed by atoms with van der Waals surface area (Å²) < 4.78 is 6.06. The van der Waals surface area contributed by atoms with Crippen LogP contribution in [0.25, 0.3) is 0 Å². The van der Waals surface area contributed by atoms with Crippen molar-refractivity contribution in [3.05, 3.63) is 44.3 Å². The van der Waals surface area contributed by atoms with Gasteiger partial charge in [-0.05, 0) is 42.0 Å². The maximum atomic E-state index is 12.4. The lowest BCUT2D eigenvalue weighted by molar-refractivity contribution is -0.772. The Morgan fingerprint density at radius 3 is 2.75 bits per heavy atom. The quantitative estimate of drug-likeness (QED) is 0.351. The molecule has 128 valence electrons. The highest BCUT2D eigenvalue weighted by atomic mass is 32.2. The van der Waals surface area contributed by atoms with Crippen LogP contribution >= 0.6 is 11.8 Å². The normalized spacial score (nSPS) is 12.0. The fraction of sp³-hybridized carbons (Fsp3) is 0.357. The summed E-state index contributed by atoms with van der Waals surface area (Å²) in [5.41, 5.74) is 0.503. The first-order chi connectivity index (χ1) is 11.3. The van der Waals surface area contributed by atoms with Gasteiger partial charge in [-0.1, -0.05) is 11.6 Å². The number of carbonyl (C=O) groups excluding carboxylic acids is 1. The van der Waals surface area contributed by atoms with Crippen LogP contribution in [0.2, 0.25) is 0 Å². The van der Waals surface area contributed by atoms with Crippen LogP contribution in [0.15, 0.2) is 32.5 Å². The van der Waals surface area contributed by atoms with Crippen molar-refractivity contribution in [1.29, 1.82) is 0 Å². The van der Waals surface area contributed by atoms with E-state index >= 15 is 0 Å². The second-order valence-electron chi connectivity index (χ2n) is 5.11. The van der Waals surface area contributed by atoms with Gasteiger partial charge in [0.2, 0.25) is 5.91 Å². The fourth-order valence-corrected chi connectivity index (χ4v) is 2.97. The van der Waals surface area contributed by atoms with Crippen molar-refractivity contribution in [2.45, 2.75) is 30.5 Å². The number of nitrogens with one attached hydrogen (secondary N) is 2. The second-order valence-corrected chi connectivity index (χ2v) is 6.30. The van der Waals surface area contributed by atoms with Gasteiger partial charge < -0.3 is 5.32 Å². The van der Waals surface area contributed by atoms with Gasteiger partial charge in [-0.25, -0.2) is 4.79 Å². The molecular weight excluding hydrogens is 336 g/mol. The van der Waals surface area contributed by atoms with E-state index < -0.39 is 15.8 Å². The van der Waals surface area contributed by atoms with Gasteiger partial charge in [0, 0.05) is 17.8 Å². The first-order valence-corrected chi connectivity index (χ1v) is 8.01. The zero-order valence-corrected chi connectivity index (χ0v) is 14.2. The lowest BCUT2D eigenvalue weighted by Crippen LogP contribution is -2.35. The van der Waals surface area contributed by atoms with Gasteiger partial charge in [-0.2, -0.15) is 0 Å². The number of aryl methyl sites for hydroxylation is 2. The largest absolute Gasteiger partial charge is 0.441 e. The summed E-state index contributed by atoms with van der Waals surface area (Å²) in [5, 5.41) is 15.7. The number of anilines is 1. The van der Waals surface area contributed by atoms with Crippen LogP contribution in [0.4, 0.5) is 11.4 Å². The molecule has 1 unspecified atom stereocenters. The number of H-pyrrole nitrogens is 1. The molecule has 0 radical (unpaired) electrons. The Morgan fingerprint density at radius 1 is 1.54 bits per heavy atom. The molecule has 1 atom stereocenters. The van der Waals surface area contributed by atoms with E-state index in [9.17, 15) is 19.7 Å². The number of benzene rings is 1. The number of non-ortho nitro benzene ring substituents is 1. The van der Waals surface area contributed by atoms with E-state index in [2.05, 4.69) is 15.1 Å². The van der Waals surface area contributed by atoms with Gasteiger partial charge in [0.05, 0.1) is 10.2 Å². The molecule has 2 aromatic rings. The molecule has 0 saturated heterocycles. The molecule has 1 aromatic heterocycles. The highest BCUT2D eigenvalue weighted by molar-refractivity contribution is 8.00. The Balaban J connectivity index is 2.15. The minimum absolute atomic E-state index is 0.0381. The number of nitro benzene ring substituents is 1. The Bertz CT molecular complexity index is 829. The number of thioether (sulfide) groups is 1. The summed E-state index contributed by atoms with van der Waals surface area (Å²) in [7, 11) is 1.61. The van der Waals surface area contributed by atoms with Crippen LogP contribution in [-0.4, -0.2) is 21.4 Å². The zero-order chi connectivity index (χ0) is 17.9. The van der Waals surface area contributed by atoms with Crippen LogP contribution in [0, 0.1) is 17.0 Å². The van der Waals surface area contributed by atoms with E-state index in [1.807, 2.05) is 6.92 Å². The molecule has 24 heavy (non-hydrogen) atoms. The van der Waals surface area contributed by atoms with Crippen LogP contribution in [-0.2, 0) is 11.8 Å². The molecule has 0 fully saturated rings. The first-order valence-electron chi connectivity index (χ1n) is 7.13. The number of nitrogens with zero attached hydrogens (tertiary/aromatic N) is 2. The summed E-state index contributed by atoms with van der Waals surface area (Å²) in [4.78, 5) is 34.3. The predicted molar refractivity (Wildman–Crippen MR) is 86.9 cm³/mol. The summed E-state index contributed by atoms with van der Waals surface area (Å²) in [6.45, 7) is 3.51. The lowest BCUT2D eigenvalue weighted by atomic mass is 10.1. The standard InChI is InChI=1S/C14H16N4O5S/c1-4-11(24-13-14(20)23-16-17(13)3)12(19)15-10-6-5-9(18(21)22)7-8(10)2/h5-7,11H,4H2,1-3H3,(H-,15,16,19,20)/p+1. The summed E-state index contributed by atoms with van der Waals surface area (Å²) in [5.74, 6) is -0.292. The average molecular weight is 353 g/mol. The molecule has 1 heterocycles. The van der Waals surface area contributed by atoms with E-state index in [1.54, 1.807) is 14.0 Å². The highest BCUT2D eigenvalue weighted by Gasteiger charge is 2.27. The number of hydrogen-bond donors (Lipinski definition) is 2. The van der Waals surface area contributed by atoms with Gasteiger partial charge in [0.1, 0.15) is 0 Å². The summed E-state index contributed by atoms with van der Waals surface area (Å²) in [6, 6.07) is 4.22. The molecule has 0 saturated carbocycles. The van der Waals surface area contributed by atoms with E-state index in [-0.39, 0.29) is 16.6 Å². The molecule has 2 rings (SSSR count). The van der Waals surface area contributed by atoms with Crippen molar-refractivity contribution in [3.8, 4) is 0 Å². The van der Waals surface area contributed by atoms with Crippen molar-refractivity contribution in [3.63, 3.8) is 0 Å². The maximum Gasteiger partial charge on any atom is 0.441 e. The highest BCUT2D eigenvalue weighted by Crippen LogP contribution is 2.24. The average Bonchev–Trinajstić information content (AvgIpc) is 2.85. The number of rotatable bonds is 6. The third-order valence-corrected chi connectivity index (χ3v) is 4.85. The fourth-order valence-electron chi connectivity index (χ4n) is 2.03. The van der Waals surface area contributed by atoms with E-state index in [0.29, 0.717) is 17.7 Å². The molecule has 10 heteroatoms. The van der Waals surface area contributed by atoms with Crippen molar-refractivity contribution in [2.75, 3.05) is 5.32 Å². The molecular formula is C14H17N4O5S+. The Morgan fingerprint density at radius 2 is 2.25 bits per heavy atom. The first kappa shape index (κ1) is 17.7. The molecule has 0 bridgehead atoms. The molecule has 1 aromatic carbocycles. The SMILES string of the molecule is CCC(Sc1c(=O)o[nH][n+]1C)C(=O)Nc1ccc([N+](=O)[O-])cc1C. The topological polar surface area (TPSA) is 122 Å². The molecule has 0 spiro atoms. The molecule has 9 nitrogen and oxygen atoms in total. The van der Waals surface area contributed by atoms with Crippen LogP contribution < -0.4 is 15.6 Å². The second kappa shape index (κ2) is 7.30. The van der Waals surface area contributed by atoms with Crippen molar-refractivity contribution >= 4 is 29.0 Å². The monoisotopic (exact) mass is 353 g/mol. The van der Waals surface area contributed by atoms with Crippen LogP contribution in [0.5, 0.6) is 0 Å². The van der Waals surface area contributed by atoms with Gasteiger partial charge in [-0.15, -0.1) is 0 Å². The third kappa shape index (κ3) is 3.82. The minimum Gasteiger partial charge on any atom is -0.325 e. The maximum absolute atomic E-state index is 12.4. The van der Waals surface area contributed by atoms with E-state index in [4.69, 9.17) is 0 Å². The molecule has 0 aliphatic carbocycles. The molecule has 1 amide bonds. The number of hydrogen-bond acceptors (Lipinski definition) is 6. The molecule has 0 aliphatic heterocycles. The van der Waals surface area contributed by atoms with Crippen molar-refractivity contribution in [1.82, 2.24) is 5.27 Å². The van der Waals surface area contributed by atoms with Gasteiger partial charge in [-0.3, -0.25) is 19.4 Å². The van der Waals surface area contributed by atoms with E-state index in [1.165, 1.54) is 22.9 Å². The summed E-state index contributed by atoms with van der Waals surface area (Å²) in [6.07, 6.45) is 0.493. The van der Waals surface area contributed by atoms with E-state index in [0.717, 1.165) is 11.8 Å². The lowest BCUT2D eigenvalue weighted by Gasteiger charge is -2.13. The van der Waals surface area contributed by atoms with Crippen LogP contribution in [0.3, 0.4) is 0 Å². The minimum atomic E-state index is -0.541. The van der Waals surface area contributed by atoms with Gasteiger partial charge in [0.25, 0.3) is 5.69 Å².